The Balaban J connectivity index is 2.18. The molecule has 0 aliphatic heterocycles. The maximum atomic E-state index is 12.0. The normalized spacial score (nSPS) is 10.5. The highest BCUT2D eigenvalue weighted by molar-refractivity contribution is 6.29. The number of aromatic nitrogens is 2. The molecule has 6 heteroatoms. The van der Waals surface area contributed by atoms with Crippen molar-refractivity contribution >= 4 is 23.4 Å². The van der Waals surface area contributed by atoms with Crippen LogP contribution in [0.1, 0.15) is 35.1 Å². The van der Waals surface area contributed by atoms with Crippen LogP contribution in [0.15, 0.2) is 22.7 Å². The largest absolute Gasteiger partial charge is 0.338 e. The van der Waals surface area contributed by atoms with Crippen LogP contribution in [0, 0.1) is 6.92 Å². The summed E-state index contributed by atoms with van der Waals surface area (Å²) in [4.78, 5) is 16.2. The third-order valence-corrected chi connectivity index (χ3v) is 2.67. The molecule has 1 N–H and O–H groups in total. The minimum atomic E-state index is -0.294. The Morgan fingerprint density at radius 2 is 2.21 bits per heavy atom. The number of halogens is 1. The summed E-state index contributed by atoms with van der Waals surface area (Å²) in [7, 11) is 0. The van der Waals surface area contributed by atoms with E-state index in [1.54, 1.807) is 19.1 Å². The van der Waals surface area contributed by atoms with Gasteiger partial charge in [0.05, 0.1) is 5.69 Å². The van der Waals surface area contributed by atoms with Crippen molar-refractivity contribution in [2.45, 2.75) is 26.7 Å². The van der Waals surface area contributed by atoms with E-state index in [1.165, 1.54) is 6.07 Å². The molecule has 0 fully saturated rings. The molecule has 19 heavy (non-hydrogen) atoms. The van der Waals surface area contributed by atoms with Gasteiger partial charge < -0.3 is 4.52 Å². The topological polar surface area (TPSA) is 68.0 Å². The van der Waals surface area contributed by atoms with Crippen LogP contribution in [-0.4, -0.2) is 16.0 Å². The minimum Gasteiger partial charge on any atom is -0.338 e. The number of hydrogen-bond acceptors (Lipinski definition) is 4. The number of anilines is 1. The predicted molar refractivity (Wildman–Crippen MR) is 72.4 cm³/mol. The molecule has 0 unspecified atom stereocenters. The zero-order valence-corrected chi connectivity index (χ0v) is 11.5. The van der Waals surface area contributed by atoms with Crippen molar-refractivity contribution in [3.63, 3.8) is 0 Å². The van der Waals surface area contributed by atoms with E-state index < -0.39 is 0 Å². The zero-order chi connectivity index (χ0) is 13.8. The number of hydrogen-bond donors (Lipinski definition) is 1. The van der Waals surface area contributed by atoms with E-state index >= 15 is 0 Å². The van der Waals surface area contributed by atoms with Crippen molar-refractivity contribution < 1.29 is 9.32 Å². The molecule has 0 saturated heterocycles. The van der Waals surface area contributed by atoms with Crippen LogP contribution >= 0.6 is 11.6 Å². The molecular weight excluding hydrogens is 266 g/mol. The third-order valence-electron chi connectivity index (χ3n) is 2.48. The highest BCUT2D eigenvalue weighted by atomic mass is 35.5. The van der Waals surface area contributed by atoms with E-state index in [-0.39, 0.29) is 5.91 Å². The van der Waals surface area contributed by atoms with Crippen LogP contribution in [0.4, 0.5) is 5.88 Å². The molecule has 2 heterocycles. The van der Waals surface area contributed by atoms with E-state index in [0.29, 0.717) is 22.3 Å². The van der Waals surface area contributed by atoms with Gasteiger partial charge in [0.2, 0.25) is 5.88 Å². The van der Waals surface area contributed by atoms with Gasteiger partial charge >= 0.3 is 0 Å². The van der Waals surface area contributed by atoms with E-state index in [9.17, 15) is 4.79 Å². The molecule has 5 nitrogen and oxygen atoms in total. The Labute approximate surface area is 116 Å². The van der Waals surface area contributed by atoms with Crippen molar-refractivity contribution in [2.24, 2.45) is 0 Å². The number of nitrogens with one attached hydrogen (secondary N) is 1. The van der Waals surface area contributed by atoms with Gasteiger partial charge in [-0.3, -0.25) is 10.1 Å². The number of aryl methyl sites for hydroxylation is 2. The first-order chi connectivity index (χ1) is 9.08. The maximum Gasteiger partial charge on any atom is 0.258 e. The zero-order valence-electron chi connectivity index (χ0n) is 10.7. The number of amides is 1. The fraction of sp³-hybridized carbons (Fsp3) is 0.308. The van der Waals surface area contributed by atoms with Gasteiger partial charge in [-0.05, 0) is 25.5 Å². The van der Waals surface area contributed by atoms with Crippen LogP contribution in [0.25, 0.3) is 0 Å². The van der Waals surface area contributed by atoms with Crippen molar-refractivity contribution in [1.82, 2.24) is 10.1 Å². The molecule has 2 aromatic rings. The Kier molecular flexibility index (Phi) is 4.16. The monoisotopic (exact) mass is 279 g/mol. The predicted octanol–water partition coefficient (Wildman–Crippen LogP) is 3.24. The lowest BCUT2D eigenvalue weighted by Crippen LogP contribution is -2.12. The maximum absolute atomic E-state index is 12.0. The molecular formula is C13H14ClN3O2. The van der Waals surface area contributed by atoms with Gasteiger partial charge in [0.1, 0.15) is 5.15 Å². The van der Waals surface area contributed by atoms with E-state index in [2.05, 4.69) is 15.5 Å². The van der Waals surface area contributed by atoms with Crippen LogP contribution in [0.5, 0.6) is 0 Å². The Bertz CT molecular complexity index is 595. The average molecular weight is 280 g/mol. The molecule has 1 amide bonds. The first-order valence-electron chi connectivity index (χ1n) is 5.99. The van der Waals surface area contributed by atoms with Gasteiger partial charge in [-0.15, -0.1) is 0 Å². The fourth-order valence-corrected chi connectivity index (χ4v) is 1.90. The highest BCUT2D eigenvalue weighted by Crippen LogP contribution is 2.15. The van der Waals surface area contributed by atoms with Gasteiger partial charge in [-0.2, -0.15) is 0 Å². The van der Waals surface area contributed by atoms with Gasteiger partial charge in [0.25, 0.3) is 5.91 Å². The molecule has 0 bridgehead atoms. The number of carbonyl (C=O) groups excluding carboxylic acids is 1. The van der Waals surface area contributed by atoms with Crippen LogP contribution in [-0.2, 0) is 6.42 Å². The van der Waals surface area contributed by atoms with Gasteiger partial charge in [-0.25, -0.2) is 4.98 Å². The second-order valence-corrected chi connectivity index (χ2v) is 4.59. The molecule has 100 valence electrons. The molecule has 0 aliphatic rings. The summed E-state index contributed by atoms with van der Waals surface area (Å²) >= 11 is 5.91. The van der Waals surface area contributed by atoms with Crippen LogP contribution in [0.2, 0.25) is 5.15 Å². The van der Waals surface area contributed by atoms with E-state index in [0.717, 1.165) is 18.5 Å². The third kappa shape index (κ3) is 3.54. The summed E-state index contributed by atoms with van der Waals surface area (Å²) < 4.78 is 4.93. The lowest BCUT2D eigenvalue weighted by molar-refractivity contribution is 0.102. The number of rotatable bonds is 4. The Morgan fingerprint density at radius 1 is 1.42 bits per heavy atom. The summed E-state index contributed by atoms with van der Waals surface area (Å²) in [6.45, 7) is 3.82. The van der Waals surface area contributed by atoms with Gasteiger partial charge in [-0.1, -0.05) is 30.1 Å². The van der Waals surface area contributed by atoms with Gasteiger partial charge in [0.15, 0.2) is 0 Å². The summed E-state index contributed by atoms with van der Waals surface area (Å²) in [5, 5.41) is 6.63. The van der Waals surface area contributed by atoms with E-state index in [1.807, 2.05) is 6.92 Å². The van der Waals surface area contributed by atoms with Crippen molar-refractivity contribution in [1.29, 1.82) is 0 Å². The molecule has 0 saturated carbocycles. The first-order valence-corrected chi connectivity index (χ1v) is 6.37. The first kappa shape index (κ1) is 13.5. The van der Waals surface area contributed by atoms with Crippen LogP contribution < -0.4 is 5.32 Å². The lowest BCUT2D eigenvalue weighted by Gasteiger charge is -2.04. The molecule has 0 radical (unpaired) electrons. The summed E-state index contributed by atoms with van der Waals surface area (Å²) in [5.74, 6) is 0.0188. The average Bonchev–Trinajstić information content (AvgIpc) is 2.74. The Morgan fingerprint density at radius 3 is 2.84 bits per heavy atom. The quantitative estimate of drug-likeness (QED) is 0.873. The smallest absolute Gasteiger partial charge is 0.258 e. The van der Waals surface area contributed by atoms with Crippen molar-refractivity contribution in [2.75, 3.05) is 5.32 Å². The van der Waals surface area contributed by atoms with Crippen molar-refractivity contribution in [3.05, 3.63) is 40.3 Å². The number of nitrogens with zero attached hydrogens (tertiary/aromatic N) is 2. The molecule has 0 aliphatic carbocycles. The highest BCUT2D eigenvalue weighted by Gasteiger charge is 2.11. The molecule has 0 aromatic carbocycles. The molecule has 0 atom stereocenters. The molecule has 0 spiro atoms. The summed E-state index contributed by atoms with van der Waals surface area (Å²) in [6.07, 6.45) is 1.72. The van der Waals surface area contributed by atoms with Gasteiger partial charge in [0, 0.05) is 17.3 Å². The minimum absolute atomic E-state index is 0.294. The number of carbonyl (C=O) groups is 1. The Hall–Kier alpha value is -1.88. The summed E-state index contributed by atoms with van der Waals surface area (Å²) in [6, 6.07) is 4.90. The molecule has 2 rings (SSSR count). The molecule has 2 aromatic heterocycles. The van der Waals surface area contributed by atoms with Crippen LogP contribution in [0.3, 0.4) is 0 Å². The standard InChI is InChI=1S/C13H14ClN3O2/c1-3-4-10-6-9(7-11(14)15-10)13(18)16-12-5-8(2)17-19-12/h5-7H,3-4H2,1-2H3,(H,16,18). The second kappa shape index (κ2) is 5.84. The van der Waals surface area contributed by atoms with E-state index in [4.69, 9.17) is 16.1 Å². The number of pyridine rings is 1. The SMILES string of the molecule is CCCc1cc(C(=O)Nc2cc(C)no2)cc(Cl)n1. The summed E-state index contributed by atoms with van der Waals surface area (Å²) in [5.41, 5.74) is 1.96. The van der Waals surface area contributed by atoms with Crippen molar-refractivity contribution in [3.8, 4) is 0 Å². The lowest BCUT2D eigenvalue weighted by atomic mass is 10.1. The fourth-order valence-electron chi connectivity index (χ4n) is 1.67. The second-order valence-electron chi connectivity index (χ2n) is 4.21.